The lowest BCUT2D eigenvalue weighted by Gasteiger charge is -2.05. The molecule has 0 saturated carbocycles. The maximum absolute atomic E-state index is 8.74. The van der Waals surface area contributed by atoms with E-state index in [-0.39, 0.29) is 5.92 Å². The van der Waals surface area contributed by atoms with E-state index in [1.165, 1.54) is 0 Å². The number of hydrogen-bond acceptors (Lipinski definition) is 5. The van der Waals surface area contributed by atoms with Gasteiger partial charge >= 0.3 is 0 Å². The third-order valence-electron chi connectivity index (χ3n) is 1.63. The van der Waals surface area contributed by atoms with Crippen molar-refractivity contribution in [1.29, 1.82) is 10.5 Å². The molecule has 1 unspecified atom stereocenters. The zero-order valence-electron chi connectivity index (χ0n) is 7.98. The van der Waals surface area contributed by atoms with Gasteiger partial charge in [0.05, 0.1) is 18.1 Å². The molecule has 0 rings (SSSR count). The van der Waals surface area contributed by atoms with Crippen LogP contribution < -0.4 is 0 Å². The predicted octanol–water partition coefficient (Wildman–Crippen LogP) is 2.76. The molecule has 0 aliphatic heterocycles. The molecule has 1 atom stereocenters. The summed E-state index contributed by atoms with van der Waals surface area (Å²) in [6, 6.07) is 4.25. The van der Waals surface area contributed by atoms with Crippen molar-refractivity contribution in [3.63, 3.8) is 0 Å². The van der Waals surface area contributed by atoms with Gasteiger partial charge in [-0.3, -0.25) is 0 Å². The molecule has 0 fully saturated rings. The van der Waals surface area contributed by atoms with Gasteiger partial charge in [-0.05, 0) is 30.6 Å². The Hall–Kier alpha value is -0.360. The van der Waals surface area contributed by atoms with E-state index in [1.807, 2.05) is 6.07 Å². The van der Waals surface area contributed by atoms with Gasteiger partial charge in [0.2, 0.25) is 0 Å². The van der Waals surface area contributed by atoms with Crippen LogP contribution in [0.5, 0.6) is 0 Å². The van der Waals surface area contributed by atoms with Crippen molar-refractivity contribution in [2.24, 2.45) is 5.92 Å². The first kappa shape index (κ1) is 13.6. The van der Waals surface area contributed by atoms with Crippen molar-refractivity contribution < 1.29 is 4.55 Å². The van der Waals surface area contributed by atoms with E-state index < -0.39 is 0 Å². The van der Waals surface area contributed by atoms with Crippen molar-refractivity contribution in [1.82, 2.24) is 0 Å². The molecule has 0 spiro atoms. The average molecular weight is 230 g/mol. The van der Waals surface area contributed by atoms with E-state index in [0.29, 0.717) is 12.8 Å². The molecule has 0 radical (unpaired) electrons. The average Bonchev–Trinajstić information content (AvgIpc) is 2.22. The molecule has 0 aromatic heterocycles. The smallest absolute Gasteiger partial charge is 0.0664 e. The van der Waals surface area contributed by atoms with Crippen LogP contribution in [0.15, 0.2) is 0 Å². The van der Waals surface area contributed by atoms with E-state index in [0.717, 1.165) is 35.7 Å². The summed E-state index contributed by atoms with van der Waals surface area (Å²) in [4.78, 5) is 0. The zero-order chi connectivity index (χ0) is 10.6. The van der Waals surface area contributed by atoms with Crippen molar-refractivity contribution in [2.45, 2.75) is 19.3 Å². The van der Waals surface area contributed by atoms with Crippen LogP contribution in [0, 0.1) is 28.6 Å². The SMILES string of the molecule is N#CCCC(C#N)CSCCCSO. The molecule has 0 aliphatic rings. The molecule has 0 aliphatic carbocycles. The fourth-order valence-electron chi connectivity index (χ4n) is 0.875. The lowest BCUT2D eigenvalue weighted by molar-refractivity contribution is 0.662. The van der Waals surface area contributed by atoms with Crippen molar-refractivity contribution in [3.8, 4) is 12.1 Å². The van der Waals surface area contributed by atoms with Crippen LogP contribution in [-0.4, -0.2) is 21.8 Å². The van der Waals surface area contributed by atoms with Gasteiger partial charge < -0.3 is 4.55 Å². The van der Waals surface area contributed by atoms with Crippen LogP contribution in [0.25, 0.3) is 0 Å². The van der Waals surface area contributed by atoms with Crippen molar-refractivity contribution >= 4 is 23.8 Å². The van der Waals surface area contributed by atoms with E-state index in [2.05, 4.69) is 6.07 Å². The van der Waals surface area contributed by atoms with Crippen LogP contribution in [-0.2, 0) is 0 Å². The second-order valence-electron chi connectivity index (χ2n) is 2.78. The van der Waals surface area contributed by atoms with E-state index in [9.17, 15) is 0 Å². The molecular formula is C9H14N2OS2. The molecule has 0 bridgehead atoms. The van der Waals surface area contributed by atoms with E-state index in [4.69, 9.17) is 15.1 Å². The van der Waals surface area contributed by atoms with Crippen LogP contribution in [0.2, 0.25) is 0 Å². The molecular weight excluding hydrogens is 216 g/mol. The molecule has 0 aromatic carbocycles. The van der Waals surface area contributed by atoms with Crippen molar-refractivity contribution in [3.05, 3.63) is 0 Å². The molecule has 14 heavy (non-hydrogen) atoms. The van der Waals surface area contributed by atoms with Gasteiger partial charge in [-0.25, -0.2) is 0 Å². The molecule has 0 saturated heterocycles. The Bertz CT molecular complexity index is 210. The molecule has 3 nitrogen and oxygen atoms in total. The number of hydrogen-bond donors (Lipinski definition) is 1. The minimum Gasteiger partial charge on any atom is -0.330 e. The highest BCUT2D eigenvalue weighted by Gasteiger charge is 2.06. The molecule has 0 heterocycles. The van der Waals surface area contributed by atoms with Gasteiger partial charge in [-0.2, -0.15) is 22.3 Å². The Morgan fingerprint density at radius 1 is 1.29 bits per heavy atom. The van der Waals surface area contributed by atoms with Gasteiger partial charge in [0.1, 0.15) is 0 Å². The fraction of sp³-hybridized carbons (Fsp3) is 0.778. The zero-order valence-corrected chi connectivity index (χ0v) is 9.61. The lowest BCUT2D eigenvalue weighted by Crippen LogP contribution is -2.01. The monoisotopic (exact) mass is 230 g/mol. The van der Waals surface area contributed by atoms with Gasteiger partial charge in [-0.15, -0.1) is 0 Å². The molecule has 0 aromatic rings. The fourth-order valence-corrected chi connectivity index (χ4v) is 2.37. The van der Waals surface area contributed by atoms with E-state index >= 15 is 0 Å². The maximum atomic E-state index is 8.74. The molecule has 0 amide bonds. The summed E-state index contributed by atoms with van der Waals surface area (Å²) < 4.78 is 8.46. The van der Waals surface area contributed by atoms with E-state index in [1.54, 1.807) is 11.8 Å². The minimum atomic E-state index is 0.00132. The Morgan fingerprint density at radius 3 is 2.64 bits per heavy atom. The Balaban J connectivity index is 3.35. The van der Waals surface area contributed by atoms with Gasteiger partial charge in [0.15, 0.2) is 0 Å². The maximum Gasteiger partial charge on any atom is 0.0664 e. The largest absolute Gasteiger partial charge is 0.330 e. The normalized spacial score (nSPS) is 11.6. The van der Waals surface area contributed by atoms with Crippen LogP contribution >= 0.6 is 23.8 Å². The summed E-state index contributed by atoms with van der Waals surface area (Å²) in [5.74, 6) is 2.52. The molecule has 1 N–H and O–H groups in total. The summed E-state index contributed by atoms with van der Waals surface area (Å²) >= 11 is 2.58. The first-order valence-corrected chi connectivity index (χ1v) is 6.55. The van der Waals surface area contributed by atoms with Crippen LogP contribution in [0.3, 0.4) is 0 Å². The van der Waals surface area contributed by atoms with Crippen LogP contribution in [0.1, 0.15) is 19.3 Å². The Labute approximate surface area is 93.7 Å². The number of nitrogens with zero attached hydrogens (tertiary/aromatic N) is 2. The number of nitriles is 2. The molecule has 78 valence electrons. The first-order chi connectivity index (χ1) is 6.85. The summed E-state index contributed by atoms with van der Waals surface area (Å²) in [7, 11) is 0. The second kappa shape index (κ2) is 10.7. The topological polar surface area (TPSA) is 67.8 Å². The van der Waals surface area contributed by atoms with Gasteiger partial charge in [0, 0.05) is 17.9 Å². The Kier molecular flexibility index (Phi) is 10.4. The summed E-state index contributed by atoms with van der Waals surface area (Å²) in [5, 5.41) is 17.1. The van der Waals surface area contributed by atoms with Crippen molar-refractivity contribution in [2.75, 3.05) is 17.3 Å². The third-order valence-corrected chi connectivity index (χ3v) is 3.32. The standard InChI is InChI=1S/C9H14N2OS2/c10-4-1-3-9(7-11)8-13-5-2-6-14-12/h9,12H,1-3,5-6,8H2. The summed E-state index contributed by atoms with van der Waals surface area (Å²) in [6.45, 7) is 0. The lowest BCUT2D eigenvalue weighted by atomic mass is 10.1. The highest BCUT2D eigenvalue weighted by atomic mass is 32.2. The highest BCUT2D eigenvalue weighted by molar-refractivity contribution is 7.99. The predicted molar refractivity (Wildman–Crippen MR) is 61.0 cm³/mol. The minimum absolute atomic E-state index is 0.00132. The molecule has 5 heteroatoms. The Morgan fingerprint density at radius 2 is 2.07 bits per heavy atom. The summed E-state index contributed by atoms with van der Waals surface area (Å²) in [6.07, 6.45) is 2.10. The second-order valence-corrected chi connectivity index (χ2v) is 4.60. The first-order valence-electron chi connectivity index (χ1n) is 4.45. The van der Waals surface area contributed by atoms with Crippen LogP contribution in [0.4, 0.5) is 0 Å². The highest BCUT2D eigenvalue weighted by Crippen LogP contribution is 2.14. The summed E-state index contributed by atoms with van der Waals surface area (Å²) in [5.41, 5.74) is 0. The number of thioether (sulfide) groups is 1. The van der Waals surface area contributed by atoms with Gasteiger partial charge in [0.25, 0.3) is 0 Å². The van der Waals surface area contributed by atoms with Gasteiger partial charge in [-0.1, -0.05) is 0 Å². The third kappa shape index (κ3) is 8.25. The quantitative estimate of drug-likeness (QED) is 0.513. The number of rotatable bonds is 8.